The van der Waals surface area contributed by atoms with E-state index in [1.165, 1.54) is 6.07 Å². The van der Waals surface area contributed by atoms with E-state index >= 15 is 0 Å². The number of carbonyl (C=O) groups is 2. The first-order valence-electron chi connectivity index (χ1n) is 8.83. The lowest BCUT2D eigenvalue weighted by Gasteiger charge is -2.22. The third-order valence-electron chi connectivity index (χ3n) is 4.08. The number of rotatable bonds is 6. The molecular formula is C21H26O5. The van der Waals surface area contributed by atoms with E-state index in [-0.39, 0.29) is 24.1 Å². The topological polar surface area (TPSA) is 73.6 Å². The standard InChI is InChI=1S/C21H26O5/c1-13(20(24)26-21(3,4)5)6-8-16(22)11-15-7-9-17-14(2)10-19(23)25-18(17)12-15/h7,9-10,12-13H,6,8,11H2,1-5H3/t13-/m0/s1. The summed E-state index contributed by atoms with van der Waals surface area (Å²) in [6.45, 7) is 9.09. The van der Waals surface area contributed by atoms with E-state index in [9.17, 15) is 14.4 Å². The molecule has 0 fully saturated rings. The van der Waals surface area contributed by atoms with Crippen LogP contribution in [0.2, 0.25) is 0 Å². The second-order valence-electron chi connectivity index (χ2n) is 7.77. The van der Waals surface area contributed by atoms with E-state index in [2.05, 4.69) is 0 Å². The minimum atomic E-state index is -0.525. The molecule has 2 aromatic rings. The van der Waals surface area contributed by atoms with Gasteiger partial charge in [0.05, 0.1) is 5.92 Å². The minimum Gasteiger partial charge on any atom is -0.460 e. The second kappa shape index (κ2) is 7.85. The molecule has 5 nitrogen and oxygen atoms in total. The van der Waals surface area contributed by atoms with E-state index in [1.54, 1.807) is 13.0 Å². The van der Waals surface area contributed by atoms with Crippen LogP contribution in [-0.2, 0) is 20.7 Å². The predicted octanol–water partition coefficient (Wildman–Crippen LogP) is 3.97. The predicted molar refractivity (Wildman–Crippen MR) is 100 cm³/mol. The highest BCUT2D eigenvalue weighted by molar-refractivity contribution is 5.85. The number of carbonyl (C=O) groups excluding carboxylic acids is 2. The monoisotopic (exact) mass is 358 g/mol. The van der Waals surface area contributed by atoms with Crippen LogP contribution in [0.1, 0.15) is 51.7 Å². The van der Waals surface area contributed by atoms with Crippen LogP contribution >= 0.6 is 0 Å². The van der Waals surface area contributed by atoms with Gasteiger partial charge in [-0.3, -0.25) is 9.59 Å². The molecule has 0 N–H and O–H groups in total. The Hall–Kier alpha value is -2.43. The summed E-state index contributed by atoms with van der Waals surface area (Å²) in [5.41, 5.74) is 1.20. The Labute approximate surface area is 153 Å². The number of fused-ring (bicyclic) bond motifs is 1. The van der Waals surface area contributed by atoms with Crippen molar-refractivity contribution in [2.45, 2.75) is 59.5 Å². The number of hydrogen-bond donors (Lipinski definition) is 0. The third kappa shape index (κ3) is 5.55. The van der Waals surface area contributed by atoms with Crippen molar-refractivity contribution in [2.24, 2.45) is 5.92 Å². The number of ether oxygens (including phenoxy) is 1. The molecule has 0 bridgehead atoms. The summed E-state index contributed by atoms with van der Waals surface area (Å²) in [6, 6.07) is 6.91. The van der Waals surface area contributed by atoms with E-state index in [0.29, 0.717) is 18.4 Å². The molecule has 0 saturated carbocycles. The van der Waals surface area contributed by atoms with Gasteiger partial charge in [0.25, 0.3) is 0 Å². The summed E-state index contributed by atoms with van der Waals surface area (Å²) in [6.07, 6.45) is 1.00. The Kier molecular flexibility index (Phi) is 6.01. The largest absolute Gasteiger partial charge is 0.460 e. The van der Waals surface area contributed by atoms with Gasteiger partial charge in [0.2, 0.25) is 0 Å². The molecule has 0 saturated heterocycles. The molecule has 140 valence electrons. The smallest absolute Gasteiger partial charge is 0.336 e. The Morgan fingerprint density at radius 3 is 2.54 bits per heavy atom. The zero-order valence-electron chi connectivity index (χ0n) is 16.0. The highest BCUT2D eigenvalue weighted by Crippen LogP contribution is 2.19. The molecule has 0 amide bonds. The number of hydrogen-bond acceptors (Lipinski definition) is 5. The van der Waals surface area contributed by atoms with Gasteiger partial charge in [-0.1, -0.05) is 19.1 Å². The normalized spacial score (nSPS) is 12.8. The zero-order valence-corrected chi connectivity index (χ0v) is 16.0. The van der Waals surface area contributed by atoms with E-state index < -0.39 is 11.2 Å². The summed E-state index contributed by atoms with van der Waals surface area (Å²) in [5.74, 6) is -0.571. The van der Waals surface area contributed by atoms with Gasteiger partial charge >= 0.3 is 11.6 Å². The number of ketones is 1. The first-order chi connectivity index (χ1) is 12.0. The maximum Gasteiger partial charge on any atom is 0.336 e. The van der Waals surface area contributed by atoms with Crippen molar-refractivity contribution < 1.29 is 18.7 Å². The van der Waals surface area contributed by atoms with Crippen molar-refractivity contribution >= 4 is 22.7 Å². The first kappa shape index (κ1) is 19.9. The van der Waals surface area contributed by atoms with Crippen molar-refractivity contribution in [3.8, 4) is 0 Å². The van der Waals surface area contributed by atoms with Gasteiger partial charge in [0.15, 0.2) is 0 Å². The van der Waals surface area contributed by atoms with E-state index in [4.69, 9.17) is 9.15 Å². The molecule has 1 atom stereocenters. The Morgan fingerprint density at radius 1 is 1.19 bits per heavy atom. The molecule has 1 aromatic carbocycles. The van der Waals surface area contributed by atoms with Crippen molar-refractivity contribution in [1.82, 2.24) is 0 Å². The molecule has 0 spiro atoms. The quantitative estimate of drug-likeness (QED) is 0.577. The van der Waals surface area contributed by atoms with Crippen LogP contribution in [0.3, 0.4) is 0 Å². The summed E-state index contributed by atoms with van der Waals surface area (Å²) in [5, 5.41) is 0.861. The van der Waals surface area contributed by atoms with Gasteiger partial charge in [0, 0.05) is 24.3 Å². The molecule has 0 aliphatic heterocycles. The molecule has 0 aliphatic rings. The lowest BCUT2D eigenvalue weighted by Crippen LogP contribution is -2.28. The zero-order chi connectivity index (χ0) is 19.5. The fraction of sp³-hybridized carbons (Fsp3) is 0.476. The SMILES string of the molecule is Cc1cc(=O)oc2cc(CC(=O)CC[C@H](C)C(=O)OC(C)(C)C)ccc12. The number of benzene rings is 1. The molecule has 26 heavy (non-hydrogen) atoms. The summed E-state index contributed by atoms with van der Waals surface area (Å²) in [4.78, 5) is 35.7. The average Bonchev–Trinajstić information content (AvgIpc) is 2.50. The fourth-order valence-electron chi connectivity index (χ4n) is 2.69. The Morgan fingerprint density at radius 2 is 1.88 bits per heavy atom. The van der Waals surface area contributed by atoms with Gasteiger partial charge in [-0.15, -0.1) is 0 Å². The van der Waals surface area contributed by atoms with Gasteiger partial charge in [0.1, 0.15) is 17.0 Å². The van der Waals surface area contributed by atoms with Crippen LogP contribution in [0.15, 0.2) is 33.5 Å². The highest BCUT2D eigenvalue weighted by atomic mass is 16.6. The summed E-state index contributed by atoms with van der Waals surface area (Å²) < 4.78 is 10.5. The minimum absolute atomic E-state index is 0.0368. The third-order valence-corrected chi connectivity index (χ3v) is 4.08. The number of esters is 1. The van der Waals surface area contributed by atoms with Crippen molar-refractivity contribution in [3.05, 3.63) is 45.8 Å². The molecule has 1 heterocycles. The lowest BCUT2D eigenvalue weighted by atomic mass is 9.99. The Balaban J connectivity index is 1.96. The molecule has 0 aliphatic carbocycles. The average molecular weight is 358 g/mol. The number of aryl methyl sites for hydroxylation is 1. The van der Waals surface area contributed by atoms with Crippen molar-refractivity contribution in [1.29, 1.82) is 0 Å². The maximum absolute atomic E-state index is 12.3. The fourth-order valence-corrected chi connectivity index (χ4v) is 2.69. The molecule has 1 aromatic heterocycles. The van der Waals surface area contributed by atoms with Crippen LogP contribution in [0.5, 0.6) is 0 Å². The first-order valence-corrected chi connectivity index (χ1v) is 8.83. The molecule has 2 rings (SSSR count). The van der Waals surface area contributed by atoms with Crippen molar-refractivity contribution in [3.63, 3.8) is 0 Å². The van der Waals surface area contributed by atoms with Gasteiger partial charge in [-0.2, -0.15) is 0 Å². The molecular weight excluding hydrogens is 332 g/mol. The Bertz CT molecular complexity index is 870. The molecule has 0 unspecified atom stereocenters. The van der Waals surface area contributed by atoms with Crippen LogP contribution in [0, 0.1) is 12.8 Å². The molecule has 5 heteroatoms. The summed E-state index contributed by atoms with van der Waals surface area (Å²) >= 11 is 0. The van der Waals surface area contributed by atoms with Crippen LogP contribution in [0.4, 0.5) is 0 Å². The van der Waals surface area contributed by atoms with Crippen LogP contribution < -0.4 is 5.63 Å². The highest BCUT2D eigenvalue weighted by Gasteiger charge is 2.22. The van der Waals surface area contributed by atoms with Gasteiger partial charge in [-0.05, 0) is 51.3 Å². The number of Topliss-reactive ketones (excluding diaryl/α,β-unsaturated/α-hetero) is 1. The van der Waals surface area contributed by atoms with Gasteiger partial charge < -0.3 is 9.15 Å². The van der Waals surface area contributed by atoms with E-state index in [1.807, 2.05) is 39.8 Å². The molecule has 0 radical (unpaired) electrons. The summed E-state index contributed by atoms with van der Waals surface area (Å²) in [7, 11) is 0. The maximum atomic E-state index is 12.3. The van der Waals surface area contributed by atoms with Crippen molar-refractivity contribution in [2.75, 3.05) is 0 Å². The van der Waals surface area contributed by atoms with Gasteiger partial charge in [-0.25, -0.2) is 4.79 Å². The lowest BCUT2D eigenvalue weighted by molar-refractivity contribution is -0.159. The van der Waals surface area contributed by atoms with E-state index in [0.717, 1.165) is 16.5 Å². The van der Waals surface area contributed by atoms with Crippen LogP contribution in [0.25, 0.3) is 11.0 Å². The second-order valence-corrected chi connectivity index (χ2v) is 7.77. The van der Waals surface area contributed by atoms with Crippen LogP contribution in [-0.4, -0.2) is 17.4 Å².